The van der Waals surface area contributed by atoms with Crippen molar-refractivity contribution >= 4 is 15.9 Å². The van der Waals surface area contributed by atoms with Crippen LogP contribution in [0.5, 0.6) is 0 Å². The van der Waals surface area contributed by atoms with E-state index in [4.69, 9.17) is 4.55 Å². The van der Waals surface area contributed by atoms with E-state index in [9.17, 15) is 52.7 Å². The van der Waals surface area contributed by atoms with E-state index in [1.165, 1.54) is 0 Å². The fourth-order valence-electron chi connectivity index (χ4n) is 0.665. The van der Waals surface area contributed by atoms with Gasteiger partial charge in [-0.1, -0.05) is 0 Å². The van der Waals surface area contributed by atoms with Crippen LogP contribution in [0.1, 0.15) is 0 Å². The molecule has 0 rings (SSSR count). The predicted molar refractivity (Wildman–Crippen MR) is 37.5 cm³/mol. The summed E-state index contributed by atoms with van der Waals surface area (Å²) in [4.78, 5) is 9.94. The zero-order chi connectivity index (χ0) is 16.1. The van der Waals surface area contributed by atoms with E-state index in [1.807, 2.05) is 0 Å². The largest absolute Gasteiger partial charge is 0.456 e. The fourth-order valence-corrected chi connectivity index (χ4v) is 1.12. The highest BCUT2D eigenvalue weighted by Crippen LogP contribution is 2.50. The van der Waals surface area contributed by atoms with Crippen molar-refractivity contribution in [3.63, 3.8) is 0 Å². The number of carbonyl (C=O) groups is 1. The maximum absolute atomic E-state index is 12.5. The predicted octanol–water partition coefficient (Wildman–Crippen LogP) is 1.87. The molecule has 0 amide bonds. The van der Waals surface area contributed by atoms with E-state index < -0.39 is 39.2 Å². The zero-order valence-electron chi connectivity index (χ0n) is 7.98. The van der Waals surface area contributed by atoms with E-state index in [-0.39, 0.29) is 0 Å². The molecular formula is C5HF9O4S. The molecule has 0 radical (unpaired) electrons. The van der Waals surface area contributed by atoms with E-state index in [1.54, 1.807) is 0 Å². The molecule has 0 aliphatic heterocycles. The van der Waals surface area contributed by atoms with Crippen LogP contribution >= 0.6 is 0 Å². The third-order valence-electron chi connectivity index (χ3n) is 1.63. The molecule has 0 aromatic rings. The first-order valence-corrected chi connectivity index (χ1v) is 5.07. The van der Waals surface area contributed by atoms with Gasteiger partial charge in [-0.2, -0.15) is 47.9 Å². The Morgan fingerprint density at radius 1 is 0.842 bits per heavy atom. The highest BCUT2D eigenvalue weighted by molar-refractivity contribution is 7.87. The molecule has 0 unspecified atom stereocenters. The van der Waals surface area contributed by atoms with Crippen LogP contribution in [-0.4, -0.2) is 42.0 Å². The molecule has 0 saturated carbocycles. The Hall–Kier alpha value is -1.05. The molecule has 0 fully saturated rings. The summed E-state index contributed by atoms with van der Waals surface area (Å²) < 4.78 is 137. The second-order valence-electron chi connectivity index (χ2n) is 2.97. The van der Waals surface area contributed by atoms with Crippen LogP contribution in [0.2, 0.25) is 0 Å². The van der Waals surface area contributed by atoms with Gasteiger partial charge >= 0.3 is 39.2 Å². The van der Waals surface area contributed by atoms with Gasteiger partial charge < -0.3 is 0 Å². The van der Waals surface area contributed by atoms with E-state index in [2.05, 4.69) is 0 Å². The highest BCUT2D eigenvalue weighted by Gasteiger charge is 2.82. The van der Waals surface area contributed by atoms with Gasteiger partial charge in [0.15, 0.2) is 0 Å². The molecule has 0 aromatic carbocycles. The van der Waals surface area contributed by atoms with Crippen LogP contribution in [0, 0.1) is 0 Å². The average molecular weight is 328 g/mol. The van der Waals surface area contributed by atoms with Crippen molar-refractivity contribution in [2.75, 3.05) is 0 Å². The Balaban J connectivity index is 6.00. The molecule has 114 valence electrons. The zero-order valence-corrected chi connectivity index (χ0v) is 8.80. The molecule has 4 nitrogen and oxygen atoms in total. The van der Waals surface area contributed by atoms with Gasteiger partial charge in [0.1, 0.15) is 0 Å². The van der Waals surface area contributed by atoms with Crippen LogP contribution in [0.4, 0.5) is 39.5 Å². The van der Waals surface area contributed by atoms with Gasteiger partial charge in [0.25, 0.3) is 0 Å². The number of carbonyl (C=O) groups excluding carboxylic acids is 1. The maximum Gasteiger partial charge on any atom is 0.456 e. The molecule has 14 heteroatoms. The van der Waals surface area contributed by atoms with Crippen molar-refractivity contribution in [3.05, 3.63) is 0 Å². The molecule has 0 heterocycles. The smallest absolute Gasteiger partial charge is 0.282 e. The highest BCUT2D eigenvalue weighted by atomic mass is 32.2. The topological polar surface area (TPSA) is 71.4 Å². The molecule has 0 aliphatic rings. The van der Waals surface area contributed by atoms with Gasteiger partial charge in [-0.25, -0.2) is 0 Å². The molecule has 0 bridgehead atoms. The number of hydrogen-bond donors (Lipinski definition) is 1. The molecule has 19 heavy (non-hydrogen) atoms. The number of alkyl halides is 9. The van der Waals surface area contributed by atoms with Gasteiger partial charge in [0, 0.05) is 0 Å². The Labute approximate surface area is 97.5 Å². The molecule has 0 atom stereocenters. The van der Waals surface area contributed by atoms with Crippen molar-refractivity contribution < 1.29 is 57.3 Å². The number of halogens is 9. The van der Waals surface area contributed by atoms with Gasteiger partial charge in [0.05, 0.1) is 0 Å². The second-order valence-corrected chi connectivity index (χ2v) is 4.43. The summed E-state index contributed by atoms with van der Waals surface area (Å²) in [7, 11) is -7.21. The third kappa shape index (κ3) is 2.63. The summed E-state index contributed by atoms with van der Waals surface area (Å²) in [5, 5.41) is -7.01. The van der Waals surface area contributed by atoms with Crippen LogP contribution in [0.3, 0.4) is 0 Å². The van der Waals surface area contributed by atoms with Gasteiger partial charge in [-0.3, -0.25) is 9.35 Å². The lowest BCUT2D eigenvalue weighted by Crippen LogP contribution is -2.63. The van der Waals surface area contributed by atoms with E-state index in [0.717, 1.165) is 0 Å². The summed E-state index contributed by atoms with van der Waals surface area (Å²) >= 11 is 0. The minimum Gasteiger partial charge on any atom is -0.282 e. The third-order valence-corrected chi connectivity index (χ3v) is 2.53. The summed E-state index contributed by atoms with van der Waals surface area (Å²) in [6.45, 7) is 0. The van der Waals surface area contributed by atoms with Crippen molar-refractivity contribution in [1.82, 2.24) is 0 Å². The van der Waals surface area contributed by atoms with Crippen molar-refractivity contribution in [3.8, 4) is 0 Å². The first-order chi connectivity index (χ1) is 7.90. The Kier molecular flexibility index (Phi) is 3.99. The van der Waals surface area contributed by atoms with E-state index >= 15 is 0 Å². The Morgan fingerprint density at radius 2 is 1.16 bits per heavy atom. The SMILES string of the molecule is O=C(C(F)(F)F)C(F)(F)C(F)(F)C(F)(F)S(=O)(=O)O. The molecule has 0 aromatic heterocycles. The standard InChI is InChI=1S/C5HF9O4S/c6-2(7,1(15)3(8,9)10)4(11,12)5(13,14)19(16,17)18/h(H,16,17,18). The first kappa shape index (κ1) is 17.9. The van der Waals surface area contributed by atoms with Gasteiger partial charge in [-0.05, 0) is 0 Å². The summed E-state index contributed by atoms with van der Waals surface area (Å²) in [6.07, 6.45) is -6.64. The summed E-state index contributed by atoms with van der Waals surface area (Å²) in [6, 6.07) is 0. The molecular weight excluding hydrogens is 327 g/mol. The normalized spacial score (nSPS) is 15.5. The number of ketones is 1. The van der Waals surface area contributed by atoms with Crippen molar-refractivity contribution in [1.29, 1.82) is 0 Å². The lowest BCUT2D eigenvalue weighted by Gasteiger charge is -2.29. The molecule has 0 aliphatic carbocycles. The number of rotatable bonds is 4. The Bertz CT molecular complexity index is 475. The summed E-state index contributed by atoms with van der Waals surface area (Å²) in [5.41, 5.74) is 0. The second kappa shape index (κ2) is 4.22. The average Bonchev–Trinajstić information content (AvgIpc) is 2.12. The lowest BCUT2D eigenvalue weighted by atomic mass is 10.1. The lowest BCUT2D eigenvalue weighted by molar-refractivity contribution is -0.283. The monoisotopic (exact) mass is 328 g/mol. The van der Waals surface area contributed by atoms with Crippen molar-refractivity contribution in [2.45, 2.75) is 23.3 Å². The summed E-state index contributed by atoms with van der Waals surface area (Å²) in [5.74, 6) is -19.0. The molecule has 0 saturated heterocycles. The fraction of sp³-hybridized carbons (Fsp3) is 0.800. The van der Waals surface area contributed by atoms with Crippen LogP contribution in [0.25, 0.3) is 0 Å². The Morgan fingerprint density at radius 3 is 1.37 bits per heavy atom. The minimum absolute atomic E-state index is 4.59. The minimum atomic E-state index is -7.32. The molecule has 0 spiro atoms. The van der Waals surface area contributed by atoms with Crippen LogP contribution in [-0.2, 0) is 14.9 Å². The van der Waals surface area contributed by atoms with Crippen LogP contribution in [0.15, 0.2) is 0 Å². The van der Waals surface area contributed by atoms with Gasteiger partial charge in [0.2, 0.25) is 0 Å². The van der Waals surface area contributed by atoms with Gasteiger partial charge in [-0.15, -0.1) is 0 Å². The van der Waals surface area contributed by atoms with E-state index in [0.29, 0.717) is 0 Å². The first-order valence-electron chi connectivity index (χ1n) is 3.62. The molecule has 1 N–H and O–H groups in total. The van der Waals surface area contributed by atoms with Crippen molar-refractivity contribution in [2.24, 2.45) is 0 Å². The van der Waals surface area contributed by atoms with Crippen LogP contribution < -0.4 is 0 Å². The maximum atomic E-state index is 12.5. The number of hydrogen-bond acceptors (Lipinski definition) is 3. The number of Topliss-reactive ketones (excluding diaryl/α,β-unsaturated/α-hetero) is 1. The quantitative estimate of drug-likeness (QED) is 0.632.